The lowest BCUT2D eigenvalue weighted by molar-refractivity contribution is -0.125. The van der Waals surface area contributed by atoms with Crippen molar-refractivity contribution in [2.75, 3.05) is 24.5 Å². The molecule has 1 amide bonds. The van der Waals surface area contributed by atoms with Gasteiger partial charge < -0.3 is 15.2 Å². The fourth-order valence-electron chi connectivity index (χ4n) is 4.22. The number of imidazole rings is 1. The van der Waals surface area contributed by atoms with Gasteiger partial charge in [0.1, 0.15) is 24.3 Å². The number of nitrogens with zero attached hydrogens (tertiary/aromatic N) is 5. The van der Waals surface area contributed by atoms with Crippen LogP contribution in [-0.4, -0.2) is 50.0 Å². The number of piperidine rings is 1. The molecule has 0 aliphatic carbocycles. The number of anilines is 1. The summed E-state index contributed by atoms with van der Waals surface area (Å²) in [5, 5.41) is 4.36. The molecule has 1 aromatic carbocycles. The SMILES string of the molecule is O=C(NCCc1c[nH]c2ccccc12)C1CCN(c2cc(-n3ccnc3)ncn2)CC1. The maximum atomic E-state index is 12.7. The van der Waals surface area contributed by atoms with Crippen molar-refractivity contribution in [3.05, 3.63) is 67.1 Å². The second-order valence-electron chi connectivity index (χ2n) is 7.87. The summed E-state index contributed by atoms with van der Waals surface area (Å²) < 4.78 is 1.86. The highest BCUT2D eigenvalue weighted by molar-refractivity contribution is 5.83. The number of fused-ring (bicyclic) bond motifs is 1. The van der Waals surface area contributed by atoms with Crippen LogP contribution in [0.4, 0.5) is 5.82 Å². The van der Waals surface area contributed by atoms with Gasteiger partial charge in [-0.25, -0.2) is 15.0 Å². The number of aromatic amines is 1. The highest BCUT2D eigenvalue weighted by atomic mass is 16.1. The summed E-state index contributed by atoms with van der Waals surface area (Å²) in [7, 11) is 0. The molecule has 158 valence electrons. The normalized spacial score (nSPS) is 14.8. The minimum atomic E-state index is 0.0502. The van der Waals surface area contributed by atoms with Crippen molar-refractivity contribution in [2.45, 2.75) is 19.3 Å². The summed E-state index contributed by atoms with van der Waals surface area (Å²) in [5.74, 6) is 1.88. The second-order valence-corrected chi connectivity index (χ2v) is 7.87. The number of para-hydroxylation sites is 1. The van der Waals surface area contributed by atoms with E-state index in [9.17, 15) is 4.79 Å². The number of carbonyl (C=O) groups excluding carboxylic acids is 1. The summed E-state index contributed by atoms with van der Waals surface area (Å²) in [6, 6.07) is 10.2. The number of amides is 1. The molecule has 4 aromatic rings. The van der Waals surface area contributed by atoms with Crippen LogP contribution in [0.2, 0.25) is 0 Å². The van der Waals surface area contributed by atoms with E-state index in [1.807, 2.05) is 35.2 Å². The Morgan fingerprint density at radius 2 is 2.00 bits per heavy atom. The number of rotatable bonds is 6. The van der Waals surface area contributed by atoms with Crippen molar-refractivity contribution < 1.29 is 4.79 Å². The first-order valence-corrected chi connectivity index (χ1v) is 10.7. The molecule has 4 heterocycles. The average molecular weight is 416 g/mol. The lowest BCUT2D eigenvalue weighted by Crippen LogP contribution is -2.41. The van der Waals surface area contributed by atoms with Crippen molar-refractivity contribution in [1.29, 1.82) is 0 Å². The third kappa shape index (κ3) is 4.14. The summed E-state index contributed by atoms with van der Waals surface area (Å²) in [4.78, 5) is 31.0. The van der Waals surface area contributed by atoms with Gasteiger partial charge in [-0.2, -0.15) is 0 Å². The van der Waals surface area contributed by atoms with E-state index in [1.54, 1.807) is 18.9 Å². The zero-order chi connectivity index (χ0) is 21.0. The molecule has 0 radical (unpaired) electrons. The Morgan fingerprint density at radius 3 is 2.84 bits per heavy atom. The summed E-state index contributed by atoms with van der Waals surface area (Å²) >= 11 is 0. The largest absolute Gasteiger partial charge is 0.361 e. The highest BCUT2D eigenvalue weighted by Crippen LogP contribution is 2.23. The molecule has 1 aliphatic rings. The number of H-pyrrole nitrogens is 1. The number of nitrogens with one attached hydrogen (secondary N) is 2. The van der Waals surface area contributed by atoms with Crippen LogP contribution >= 0.6 is 0 Å². The molecule has 0 saturated carbocycles. The summed E-state index contributed by atoms with van der Waals surface area (Å²) in [6.45, 7) is 2.27. The monoisotopic (exact) mass is 415 g/mol. The molecule has 2 N–H and O–H groups in total. The standard InChI is InChI=1S/C23H25N7O/c31-23(25-8-5-18-14-26-20-4-2-1-3-19(18)20)17-6-10-29(11-7-17)21-13-22(28-15-27-21)30-12-9-24-16-30/h1-4,9,12-17,26H,5-8,10-11H2,(H,25,31). The Balaban J connectivity index is 1.13. The van der Waals surface area contributed by atoms with E-state index < -0.39 is 0 Å². The maximum absolute atomic E-state index is 12.7. The minimum Gasteiger partial charge on any atom is -0.361 e. The molecule has 3 aromatic heterocycles. The van der Waals surface area contributed by atoms with E-state index >= 15 is 0 Å². The average Bonchev–Trinajstić information content (AvgIpc) is 3.50. The van der Waals surface area contributed by atoms with Gasteiger partial charge in [0.05, 0.1) is 0 Å². The van der Waals surface area contributed by atoms with E-state index in [0.29, 0.717) is 6.54 Å². The quantitative estimate of drug-likeness (QED) is 0.505. The first-order chi connectivity index (χ1) is 15.3. The Hall–Kier alpha value is -3.68. The minimum absolute atomic E-state index is 0.0502. The van der Waals surface area contributed by atoms with Crippen LogP contribution in [0.1, 0.15) is 18.4 Å². The second kappa shape index (κ2) is 8.59. The van der Waals surface area contributed by atoms with Crippen LogP contribution in [-0.2, 0) is 11.2 Å². The molecular formula is C23H25N7O. The molecule has 1 saturated heterocycles. The molecule has 1 fully saturated rings. The third-order valence-electron chi connectivity index (χ3n) is 5.97. The Morgan fingerprint density at radius 1 is 1.16 bits per heavy atom. The molecule has 0 bridgehead atoms. The Labute approximate surface area is 180 Å². The van der Waals surface area contributed by atoms with Gasteiger partial charge in [-0.1, -0.05) is 18.2 Å². The van der Waals surface area contributed by atoms with Gasteiger partial charge in [0, 0.05) is 61.1 Å². The van der Waals surface area contributed by atoms with E-state index in [1.165, 1.54) is 10.9 Å². The number of hydrogen-bond donors (Lipinski definition) is 2. The summed E-state index contributed by atoms with van der Waals surface area (Å²) in [6.07, 6.45) is 11.4. The molecule has 0 unspecified atom stereocenters. The first-order valence-electron chi connectivity index (χ1n) is 10.7. The molecule has 0 spiro atoms. The van der Waals surface area contributed by atoms with Crippen LogP contribution in [0.5, 0.6) is 0 Å². The predicted molar refractivity (Wildman–Crippen MR) is 119 cm³/mol. The van der Waals surface area contributed by atoms with Crippen molar-refractivity contribution in [1.82, 2.24) is 29.8 Å². The molecule has 8 nitrogen and oxygen atoms in total. The van der Waals surface area contributed by atoms with Crippen LogP contribution < -0.4 is 10.2 Å². The third-order valence-corrected chi connectivity index (χ3v) is 5.97. The molecule has 0 atom stereocenters. The van der Waals surface area contributed by atoms with E-state index in [-0.39, 0.29) is 11.8 Å². The van der Waals surface area contributed by atoms with Gasteiger partial charge in [-0.3, -0.25) is 9.36 Å². The lowest BCUT2D eigenvalue weighted by Gasteiger charge is -2.32. The Bertz CT molecular complexity index is 1160. The van der Waals surface area contributed by atoms with E-state index in [4.69, 9.17) is 0 Å². The van der Waals surface area contributed by atoms with Crippen LogP contribution in [0, 0.1) is 5.92 Å². The van der Waals surface area contributed by atoms with E-state index in [0.717, 1.165) is 49.5 Å². The number of carbonyl (C=O) groups is 1. The van der Waals surface area contributed by atoms with Crippen molar-refractivity contribution >= 4 is 22.6 Å². The summed E-state index contributed by atoms with van der Waals surface area (Å²) in [5.41, 5.74) is 2.38. The van der Waals surface area contributed by atoms with Gasteiger partial charge in [0.25, 0.3) is 0 Å². The number of aromatic nitrogens is 5. The smallest absolute Gasteiger partial charge is 0.223 e. The highest BCUT2D eigenvalue weighted by Gasteiger charge is 2.25. The fourth-order valence-corrected chi connectivity index (χ4v) is 4.22. The maximum Gasteiger partial charge on any atom is 0.223 e. The molecule has 5 rings (SSSR count). The van der Waals surface area contributed by atoms with Crippen molar-refractivity contribution in [3.8, 4) is 5.82 Å². The van der Waals surface area contributed by atoms with Gasteiger partial charge in [-0.05, 0) is 30.9 Å². The van der Waals surface area contributed by atoms with Crippen LogP contribution in [0.3, 0.4) is 0 Å². The number of benzene rings is 1. The molecular weight excluding hydrogens is 390 g/mol. The van der Waals surface area contributed by atoms with Crippen molar-refractivity contribution in [2.24, 2.45) is 5.92 Å². The topological polar surface area (TPSA) is 91.7 Å². The predicted octanol–water partition coefficient (Wildman–Crippen LogP) is 2.72. The van der Waals surface area contributed by atoms with Gasteiger partial charge in [0.15, 0.2) is 0 Å². The van der Waals surface area contributed by atoms with Gasteiger partial charge in [-0.15, -0.1) is 0 Å². The van der Waals surface area contributed by atoms with Gasteiger partial charge >= 0.3 is 0 Å². The zero-order valence-electron chi connectivity index (χ0n) is 17.2. The van der Waals surface area contributed by atoms with Crippen LogP contribution in [0.25, 0.3) is 16.7 Å². The van der Waals surface area contributed by atoms with Gasteiger partial charge in [0.2, 0.25) is 5.91 Å². The molecule has 1 aliphatic heterocycles. The van der Waals surface area contributed by atoms with E-state index in [2.05, 4.69) is 42.3 Å². The van der Waals surface area contributed by atoms with Crippen molar-refractivity contribution in [3.63, 3.8) is 0 Å². The molecule has 31 heavy (non-hydrogen) atoms. The molecule has 8 heteroatoms. The number of hydrogen-bond acceptors (Lipinski definition) is 5. The zero-order valence-corrected chi connectivity index (χ0v) is 17.2. The lowest BCUT2D eigenvalue weighted by atomic mass is 9.96. The first kappa shape index (κ1) is 19.3. The Kier molecular flexibility index (Phi) is 5.35. The van der Waals surface area contributed by atoms with Crippen LogP contribution in [0.15, 0.2) is 61.6 Å². The fraction of sp³-hybridized carbons (Fsp3) is 0.304.